The van der Waals surface area contributed by atoms with E-state index >= 15 is 0 Å². The molecule has 0 aromatic rings. The monoisotopic (exact) mass is 381 g/mol. The van der Waals surface area contributed by atoms with E-state index in [0.29, 0.717) is 22.7 Å². The largest absolute Gasteiger partial charge is 0.295 e. The van der Waals surface area contributed by atoms with Crippen molar-refractivity contribution in [3.8, 4) is 0 Å². The van der Waals surface area contributed by atoms with Gasteiger partial charge in [0, 0.05) is 12.1 Å². The first-order chi connectivity index (χ1) is 13.3. The zero-order valence-corrected chi connectivity index (χ0v) is 18.5. The summed E-state index contributed by atoms with van der Waals surface area (Å²) in [5, 5.41) is 0. The molecule has 2 heteroatoms. The third kappa shape index (κ3) is 2.65. The maximum absolute atomic E-state index is 12.0. The van der Waals surface area contributed by atoms with Gasteiger partial charge in [-0.05, 0) is 111 Å². The predicted octanol–water partition coefficient (Wildman–Crippen LogP) is 6.39. The van der Waals surface area contributed by atoms with E-state index in [9.17, 15) is 4.79 Å². The van der Waals surface area contributed by atoms with Crippen LogP contribution in [0.5, 0.6) is 0 Å². The molecule has 5 rings (SSSR count). The number of nitrogens with zero attached hydrogens (tertiary/aromatic N) is 1. The number of aliphatic imine (C=N–C) groups is 1. The Bertz CT molecular complexity index is 735. The molecule has 0 radical (unpaired) electrons. The molecule has 0 aromatic carbocycles. The van der Waals surface area contributed by atoms with Gasteiger partial charge < -0.3 is 0 Å². The summed E-state index contributed by atoms with van der Waals surface area (Å²) in [6.07, 6.45) is 14.6. The first-order valence-corrected chi connectivity index (χ1v) is 12.1. The molecular formula is C26H39NO. The third-order valence-corrected chi connectivity index (χ3v) is 10.5. The fraction of sp³-hybridized carbons (Fsp3) is 0.846. The molecule has 0 amide bonds. The molecule has 0 bridgehead atoms. The van der Waals surface area contributed by atoms with Gasteiger partial charge in [-0.25, -0.2) is 0 Å². The number of fused-ring (bicyclic) bond motifs is 5. The number of hydrogen-bond donors (Lipinski definition) is 0. The van der Waals surface area contributed by atoms with E-state index < -0.39 is 0 Å². The lowest BCUT2D eigenvalue weighted by atomic mass is 9.46. The standard InChI is InChI=1S/C26H39NO/c1-16-5-10-24(27-16)17(2)21-8-9-22-20-7-6-18-15-19(28)11-13-25(18,3)23(20)12-14-26(21,22)4/h15,17,20-24H,5-14H2,1-4H3/t17-,20+,21+,22-,23-,24+,25+,26+/m0/s1. The molecule has 0 aromatic heterocycles. The van der Waals surface area contributed by atoms with E-state index in [1.807, 2.05) is 6.08 Å². The maximum Gasteiger partial charge on any atom is 0.155 e. The molecule has 8 atom stereocenters. The van der Waals surface area contributed by atoms with Crippen molar-refractivity contribution in [2.24, 2.45) is 45.4 Å². The summed E-state index contributed by atoms with van der Waals surface area (Å²) < 4.78 is 0. The van der Waals surface area contributed by atoms with Crippen LogP contribution in [0.25, 0.3) is 0 Å². The second-order valence-electron chi connectivity index (χ2n) is 11.5. The van der Waals surface area contributed by atoms with Gasteiger partial charge in [-0.1, -0.05) is 26.3 Å². The Balaban J connectivity index is 1.40. The lowest BCUT2D eigenvalue weighted by Crippen LogP contribution is -2.51. The number of allylic oxidation sites excluding steroid dienone is 1. The van der Waals surface area contributed by atoms with Gasteiger partial charge in [-0.15, -0.1) is 0 Å². The SMILES string of the molecule is CC1=N[C@@H]([C@@H](C)[C@H]2CC[C@H]3[C@H]4CCC5=CC(=O)CC[C@@]5(C)[C@H]4CC[C@]23C)CC1. The van der Waals surface area contributed by atoms with Crippen LogP contribution >= 0.6 is 0 Å². The van der Waals surface area contributed by atoms with Gasteiger partial charge in [-0.2, -0.15) is 0 Å². The van der Waals surface area contributed by atoms with E-state index in [1.165, 1.54) is 62.7 Å². The average molecular weight is 382 g/mol. The molecule has 4 aliphatic carbocycles. The van der Waals surface area contributed by atoms with Crippen molar-refractivity contribution >= 4 is 11.5 Å². The summed E-state index contributed by atoms with van der Waals surface area (Å²) >= 11 is 0. The normalized spacial score (nSPS) is 49.0. The summed E-state index contributed by atoms with van der Waals surface area (Å²) in [6, 6.07) is 0.584. The second kappa shape index (κ2) is 6.54. The summed E-state index contributed by atoms with van der Waals surface area (Å²) in [6.45, 7) is 9.91. The second-order valence-corrected chi connectivity index (χ2v) is 11.5. The minimum atomic E-state index is 0.314. The van der Waals surface area contributed by atoms with Crippen LogP contribution in [0, 0.1) is 40.4 Å². The molecule has 3 saturated carbocycles. The molecule has 3 fully saturated rings. The van der Waals surface area contributed by atoms with Crippen LogP contribution in [-0.2, 0) is 4.79 Å². The molecule has 0 spiro atoms. The Labute approximate surface area is 171 Å². The molecule has 2 nitrogen and oxygen atoms in total. The fourth-order valence-corrected chi connectivity index (χ4v) is 8.88. The highest BCUT2D eigenvalue weighted by atomic mass is 16.1. The first kappa shape index (κ1) is 19.1. The van der Waals surface area contributed by atoms with E-state index in [0.717, 1.165) is 42.4 Å². The van der Waals surface area contributed by atoms with Crippen molar-refractivity contribution in [3.05, 3.63) is 11.6 Å². The molecule has 1 aliphatic heterocycles. The number of carbonyl (C=O) groups excluding carboxylic acids is 1. The van der Waals surface area contributed by atoms with E-state index in [2.05, 4.69) is 27.7 Å². The Kier molecular flexibility index (Phi) is 4.45. The quantitative estimate of drug-likeness (QED) is 0.544. The van der Waals surface area contributed by atoms with E-state index in [4.69, 9.17) is 4.99 Å². The van der Waals surface area contributed by atoms with Crippen LogP contribution in [-0.4, -0.2) is 17.5 Å². The zero-order valence-electron chi connectivity index (χ0n) is 18.5. The van der Waals surface area contributed by atoms with Crippen molar-refractivity contribution in [1.82, 2.24) is 0 Å². The molecule has 5 aliphatic rings. The lowest BCUT2D eigenvalue weighted by molar-refractivity contribution is -0.117. The number of ketones is 1. The van der Waals surface area contributed by atoms with Gasteiger partial charge >= 0.3 is 0 Å². The summed E-state index contributed by atoms with van der Waals surface area (Å²) in [5.41, 5.74) is 3.72. The number of hydrogen-bond acceptors (Lipinski definition) is 2. The van der Waals surface area contributed by atoms with Gasteiger partial charge in [0.1, 0.15) is 0 Å². The predicted molar refractivity (Wildman–Crippen MR) is 115 cm³/mol. The molecule has 0 N–H and O–H groups in total. The van der Waals surface area contributed by atoms with Crippen molar-refractivity contribution in [2.75, 3.05) is 0 Å². The van der Waals surface area contributed by atoms with Gasteiger partial charge in [-0.3, -0.25) is 9.79 Å². The molecule has 0 unspecified atom stereocenters. The van der Waals surface area contributed by atoms with Crippen LogP contribution in [0.3, 0.4) is 0 Å². The van der Waals surface area contributed by atoms with Crippen LogP contribution in [0.4, 0.5) is 0 Å². The molecule has 0 saturated heterocycles. The number of rotatable bonds is 2. The Morgan fingerprint density at radius 1 is 1.00 bits per heavy atom. The summed E-state index contributed by atoms with van der Waals surface area (Å²) in [7, 11) is 0. The molecule has 154 valence electrons. The van der Waals surface area contributed by atoms with Gasteiger partial charge in [0.25, 0.3) is 0 Å². The van der Waals surface area contributed by atoms with E-state index in [-0.39, 0.29) is 0 Å². The van der Waals surface area contributed by atoms with Gasteiger partial charge in [0.05, 0.1) is 6.04 Å². The smallest absolute Gasteiger partial charge is 0.155 e. The summed E-state index contributed by atoms with van der Waals surface area (Å²) in [5.74, 6) is 4.59. The Morgan fingerprint density at radius 3 is 2.57 bits per heavy atom. The van der Waals surface area contributed by atoms with Crippen LogP contribution in [0.15, 0.2) is 16.6 Å². The fourth-order valence-electron chi connectivity index (χ4n) is 8.88. The lowest BCUT2D eigenvalue weighted by Gasteiger charge is -2.58. The van der Waals surface area contributed by atoms with Gasteiger partial charge in [0.2, 0.25) is 0 Å². The average Bonchev–Trinajstić information content (AvgIpc) is 3.25. The number of carbonyl (C=O) groups is 1. The van der Waals surface area contributed by atoms with Crippen LogP contribution in [0.1, 0.15) is 91.9 Å². The minimum absolute atomic E-state index is 0.314. The summed E-state index contributed by atoms with van der Waals surface area (Å²) in [4.78, 5) is 17.1. The third-order valence-electron chi connectivity index (χ3n) is 10.5. The van der Waals surface area contributed by atoms with Crippen molar-refractivity contribution in [3.63, 3.8) is 0 Å². The first-order valence-electron chi connectivity index (χ1n) is 12.1. The highest BCUT2D eigenvalue weighted by Crippen LogP contribution is 2.67. The Hall–Kier alpha value is -0.920. The highest BCUT2D eigenvalue weighted by molar-refractivity contribution is 5.91. The molecule has 1 heterocycles. The van der Waals surface area contributed by atoms with Crippen LogP contribution in [0.2, 0.25) is 0 Å². The minimum Gasteiger partial charge on any atom is -0.295 e. The van der Waals surface area contributed by atoms with E-state index in [1.54, 1.807) is 0 Å². The zero-order chi connectivity index (χ0) is 19.7. The molecular weight excluding hydrogens is 342 g/mol. The molecule has 28 heavy (non-hydrogen) atoms. The Morgan fingerprint density at radius 2 is 1.82 bits per heavy atom. The van der Waals surface area contributed by atoms with Crippen molar-refractivity contribution in [1.29, 1.82) is 0 Å². The maximum atomic E-state index is 12.0. The topological polar surface area (TPSA) is 29.4 Å². The highest BCUT2D eigenvalue weighted by Gasteiger charge is 2.59. The van der Waals surface area contributed by atoms with Crippen molar-refractivity contribution in [2.45, 2.75) is 97.9 Å². The van der Waals surface area contributed by atoms with Crippen molar-refractivity contribution < 1.29 is 4.79 Å². The van der Waals surface area contributed by atoms with Crippen LogP contribution < -0.4 is 0 Å². The van der Waals surface area contributed by atoms with Gasteiger partial charge in [0.15, 0.2) is 5.78 Å².